The Bertz CT molecular complexity index is 921. The van der Waals surface area contributed by atoms with Gasteiger partial charge < -0.3 is 9.47 Å². The third kappa shape index (κ3) is 4.17. The van der Waals surface area contributed by atoms with Crippen LogP contribution >= 0.6 is 11.8 Å². The van der Waals surface area contributed by atoms with Gasteiger partial charge in [0.2, 0.25) is 0 Å². The number of likely N-dealkylation sites (N-methyl/N-ethyl adjacent to an activating group) is 1. The van der Waals surface area contributed by atoms with Crippen LogP contribution < -0.4 is 9.47 Å². The van der Waals surface area contributed by atoms with Crippen molar-refractivity contribution >= 4 is 34.6 Å². The fourth-order valence-electron chi connectivity index (χ4n) is 2.64. The van der Waals surface area contributed by atoms with Crippen molar-refractivity contribution in [3.8, 4) is 11.5 Å². The van der Waals surface area contributed by atoms with Crippen LogP contribution in [0.25, 0.3) is 6.08 Å². The van der Waals surface area contributed by atoms with Gasteiger partial charge >= 0.3 is 0 Å². The van der Waals surface area contributed by atoms with Gasteiger partial charge in [-0.2, -0.15) is 0 Å². The summed E-state index contributed by atoms with van der Waals surface area (Å²) in [6, 6.07) is 13.5. The average Bonchev–Trinajstić information content (AvgIpc) is 2.93. The summed E-state index contributed by atoms with van der Waals surface area (Å²) in [5.74, 6) is 1.26. The van der Waals surface area contributed by atoms with Gasteiger partial charge in [-0.15, -0.1) is 0 Å². The van der Waals surface area contributed by atoms with E-state index < -0.39 is 0 Å². The summed E-state index contributed by atoms with van der Waals surface area (Å²) in [6.45, 7) is 4.49. The van der Waals surface area contributed by atoms with E-state index in [1.165, 1.54) is 11.8 Å². The summed E-state index contributed by atoms with van der Waals surface area (Å²) in [7, 11) is 3.34. The minimum atomic E-state index is -0.0693. The molecule has 0 radical (unpaired) electrons. The Labute approximate surface area is 163 Å². The van der Waals surface area contributed by atoms with Crippen molar-refractivity contribution in [2.24, 2.45) is 4.99 Å². The molecule has 0 N–H and O–H groups in total. The molecule has 2 aromatic carbocycles. The highest BCUT2D eigenvalue weighted by molar-refractivity contribution is 8.18. The molecule has 0 unspecified atom stereocenters. The SMILES string of the molecule is CCOc1ccc(/C=C2/SC(=Nc3ccccc3C)N(C)C2=O)cc1OC. The van der Waals surface area contributed by atoms with Crippen LogP contribution in [0, 0.1) is 6.92 Å². The highest BCUT2D eigenvalue weighted by Crippen LogP contribution is 2.35. The average molecular weight is 382 g/mol. The molecule has 140 valence electrons. The topological polar surface area (TPSA) is 51.1 Å². The molecule has 1 aliphatic rings. The molecular formula is C21H22N2O3S. The second-order valence-electron chi connectivity index (χ2n) is 6.00. The number of aliphatic imine (C=N–C) groups is 1. The zero-order valence-electron chi connectivity index (χ0n) is 15.9. The normalized spacial score (nSPS) is 17.0. The highest BCUT2D eigenvalue weighted by atomic mass is 32.2. The van der Waals surface area contributed by atoms with Crippen LogP contribution in [0.4, 0.5) is 5.69 Å². The minimum absolute atomic E-state index is 0.0693. The zero-order valence-corrected chi connectivity index (χ0v) is 16.7. The smallest absolute Gasteiger partial charge is 0.266 e. The number of hydrogen-bond donors (Lipinski definition) is 0. The van der Waals surface area contributed by atoms with Crippen molar-refractivity contribution in [3.63, 3.8) is 0 Å². The quantitative estimate of drug-likeness (QED) is 0.707. The lowest BCUT2D eigenvalue weighted by Gasteiger charge is -2.09. The summed E-state index contributed by atoms with van der Waals surface area (Å²) in [6.07, 6.45) is 1.85. The van der Waals surface area contributed by atoms with Crippen molar-refractivity contribution in [1.82, 2.24) is 4.90 Å². The number of benzene rings is 2. The van der Waals surface area contributed by atoms with E-state index in [2.05, 4.69) is 4.99 Å². The van der Waals surface area contributed by atoms with E-state index in [-0.39, 0.29) is 5.91 Å². The molecule has 27 heavy (non-hydrogen) atoms. The highest BCUT2D eigenvalue weighted by Gasteiger charge is 2.30. The molecule has 0 aromatic heterocycles. The molecule has 2 aromatic rings. The number of methoxy groups -OCH3 is 1. The Morgan fingerprint density at radius 1 is 1.19 bits per heavy atom. The number of carbonyl (C=O) groups excluding carboxylic acids is 1. The minimum Gasteiger partial charge on any atom is -0.493 e. The third-order valence-electron chi connectivity index (χ3n) is 4.12. The van der Waals surface area contributed by atoms with Crippen molar-refractivity contribution in [3.05, 3.63) is 58.5 Å². The molecule has 1 amide bonds. The Balaban J connectivity index is 1.90. The van der Waals surface area contributed by atoms with Crippen LogP contribution in [-0.2, 0) is 4.79 Å². The van der Waals surface area contributed by atoms with Gasteiger partial charge in [0.15, 0.2) is 16.7 Å². The molecule has 3 rings (SSSR count). The fourth-order valence-corrected chi connectivity index (χ4v) is 3.62. The van der Waals surface area contributed by atoms with E-state index in [0.717, 1.165) is 16.8 Å². The molecule has 1 fully saturated rings. The van der Waals surface area contributed by atoms with E-state index in [9.17, 15) is 4.79 Å². The van der Waals surface area contributed by atoms with E-state index in [1.807, 2.05) is 62.4 Å². The molecule has 1 saturated heterocycles. The van der Waals surface area contributed by atoms with Crippen molar-refractivity contribution in [2.45, 2.75) is 13.8 Å². The maximum Gasteiger partial charge on any atom is 0.266 e. The summed E-state index contributed by atoms with van der Waals surface area (Å²) in [5, 5.41) is 0.665. The lowest BCUT2D eigenvalue weighted by molar-refractivity contribution is -0.121. The first-order chi connectivity index (χ1) is 13.0. The second-order valence-corrected chi connectivity index (χ2v) is 7.01. The zero-order chi connectivity index (χ0) is 19.4. The van der Waals surface area contributed by atoms with Crippen molar-refractivity contribution in [1.29, 1.82) is 0 Å². The molecule has 1 aliphatic heterocycles. The van der Waals surface area contributed by atoms with E-state index in [0.29, 0.717) is 28.2 Å². The Morgan fingerprint density at radius 3 is 2.67 bits per heavy atom. The maximum absolute atomic E-state index is 12.6. The van der Waals surface area contributed by atoms with Gasteiger partial charge in [0, 0.05) is 7.05 Å². The Morgan fingerprint density at radius 2 is 1.96 bits per heavy atom. The van der Waals surface area contributed by atoms with Crippen molar-refractivity contribution in [2.75, 3.05) is 20.8 Å². The first-order valence-electron chi connectivity index (χ1n) is 8.66. The number of amidine groups is 1. The number of thioether (sulfide) groups is 1. The van der Waals surface area contributed by atoms with Gasteiger partial charge in [0.1, 0.15) is 0 Å². The lowest BCUT2D eigenvalue weighted by Crippen LogP contribution is -2.23. The first kappa shape index (κ1) is 19.0. The summed E-state index contributed by atoms with van der Waals surface area (Å²) in [5.41, 5.74) is 2.81. The van der Waals surface area contributed by atoms with Gasteiger partial charge in [-0.25, -0.2) is 4.99 Å². The molecular weight excluding hydrogens is 360 g/mol. The van der Waals surface area contributed by atoms with Crippen LogP contribution in [0.3, 0.4) is 0 Å². The molecule has 0 saturated carbocycles. The number of rotatable bonds is 5. The fraction of sp³-hybridized carbons (Fsp3) is 0.238. The van der Waals surface area contributed by atoms with E-state index in [4.69, 9.17) is 9.47 Å². The molecule has 5 nitrogen and oxygen atoms in total. The van der Waals surface area contributed by atoms with Gasteiger partial charge in [0.05, 0.1) is 24.3 Å². The number of ether oxygens (including phenoxy) is 2. The van der Waals surface area contributed by atoms with Crippen LogP contribution in [0.15, 0.2) is 52.4 Å². The molecule has 1 heterocycles. The van der Waals surface area contributed by atoms with Gasteiger partial charge in [-0.3, -0.25) is 9.69 Å². The second kappa shape index (κ2) is 8.31. The van der Waals surface area contributed by atoms with Crippen molar-refractivity contribution < 1.29 is 14.3 Å². The number of para-hydroxylation sites is 1. The molecule has 0 atom stereocenters. The van der Waals surface area contributed by atoms with Crippen LogP contribution in [0.2, 0.25) is 0 Å². The number of nitrogens with zero attached hydrogens (tertiary/aromatic N) is 2. The van der Waals surface area contributed by atoms with E-state index in [1.54, 1.807) is 19.1 Å². The number of hydrogen-bond acceptors (Lipinski definition) is 5. The number of amides is 1. The monoisotopic (exact) mass is 382 g/mol. The first-order valence-corrected chi connectivity index (χ1v) is 9.48. The van der Waals surface area contributed by atoms with E-state index >= 15 is 0 Å². The number of aryl methyl sites for hydroxylation is 1. The lowest BCUT2D eigenvalue weighted by atomic mass is 10.2. The predicted octanol–water partition coefficient (Wildman–Crippen LogP) is 4.64. The van der Waals surface area contributed by atoms with Gasteiger partial charge in [0.25, 0.3) is 5.91 Å². The molecule has 6 heteroatoms. The predicted molar refractivity (Wildman–Crippen MR) is 111 cm³/mol. The summed E-state index contributed by atoms with van der Waals surface area (Å²) >= 11 is 1.37. The summed E-state index contributed by atoms with van der Waals surface area (Å²) in [4.78, 5) is 19.5. The maximum atomic E-state index is 12.6. The summed E-state index contributed by atoms with van der Waals surface area (Å²) < 4.78 is 10.9. The molecule has 0 aliphatic carbocycles. The largest absolute Gasteiger partial charge is 0.493 e. The molecule has 0 spiro atoms. The van der Waals surface area contributed by atoms with Gasteiger partial charge in [-0.05, 0) is 61.0 Å². The number of carbonyl (C=O) groups is 1. The standard InChI is InChI=1S/C21H22N2O3S/c1-5-26-17-11-10-15(12-18(17)25-4)13-19-20(24)23(3)21(27-19)22-16-9-7-6-8-14(16)2/h6-13H,5H2,1-4H3/b19-13+,22-21?. The Kier molecular flexibility index (Phi) is 5.86. The van der Waals surface area contributed by atoms with Crippen LogP contribution in [0.1, 0.15) is 18.1 Å². The van der Waals surface area contributed by atoms with Gasteiger partial charge in [-0.1, -0.05) is 24.3 Å². The molecule has 0 bridgehead atoms. The van der Waals surface area contributed by atoms with Crippen LogP contribution in [0.5, 0.6) is 11.5 Å². The van der Waals surface area contributed by atoms with Crippen LogP contribution in [-0.4, -0.2) is 36.7 Å². The third-order valence-corrected chi connectivity index (χ3v) is 5.18. The Hall–Kier alpha value is -2.73.